The molecular formula is C13H14BrNS. The van der Waals surface area contributed by atoms with Gasteiger partial charge < -0.3 is 4.90 Å². The topological polar surface area (TPSA) is 3.24 Å². The molecule has 0 aliphatic rings. The van der Waals surface area contributed by atoms with Crippen LogP contribution in [-0.4, -0.2) is 7.05 Å². The van der Waals surface area contributed by atoms with Crippen LogP contribution in [0.15, 0.2) is 40.2 Å². The quantitative estimate of drug-likeness (QED) is 0.808. The van der Waals surface area contributed by atoms with Crippen LogP contribution in [0.3, 0.4) is 0 Å². The van der Waals surface area contributed by atoms with Crippen LogP contribution in [0.2, 0.25) is 0 Å². The zero-order chi connectivity index (χ0) is 11.5. The Morgan fingerprint density at radius 1 is 1.31 bits per heavy atom. The lowest BCUT2D eigenvalue weighted by Crippen LogP contribution is -2.15. The van der Waals surface area contributed by atoms with Crippen molar-refractivity contribution in [3.63, 3.8) is 0 Å². The summed E-state index contributed by atoms with van der Waals surface area (Å²) in [6, 6.07) is 10.7. The number of hydrogen-bond acceptors (Lipinski definition) is 2. The molecule has 0 saturated heterocycles. The maximum Gasteiger partial charge on any atom is 0.0530 e. The first kappa shape index (κ1) is 11.7. The second kappa shape index (κ2) is 5.02. The number of thiophene rings is 1. The lowest BCUT2D eigenvalue weighted by atomic mass is 10.2. The van der Waals surface area contributed by atoms with Crippen LogP contribution >= 0.6 is 27.3 Å². The van der Waals surface area contributed by atoms with Gasteiger partial charge in [0.15, 0.2) is 0 Å². The number of aryl methyl sites for hydroxylation is 1. The number of hydrogen-bond donors (Lipinski definition) is 0. The van der Waals surface area contributed by atoms with Gasteiger partial charge in [-0.15, -0.1) is 11.3 Å². The number of rotatable bonds is 3. The molecule has 0 atom stereocenters. The first-order valence-electron chi connectivity index (χ1n) is 5.16. The Morgan fingerprint density at radius 2 is 2.12 bits per heavy atom. The Bertz CT molecular complexity index is 478. The number of halogens is 1. The number of anilines is 1. The van der Waals surface area contributed by atoms with E-state index in [1.165, 1.54) is 20.6 Å². The van der Waals surface area contributed by atoms with E-state index in [1.807, 2.05) is 0 Å². The van der Waals surface area contributed by atoms with Crippen molar-refractivity contribution < 1.29 is 0 Å². The van der Waals surface area contributed by atoms with Crippen LogP contribution in [0, 0.1) is 6.92 Å². The number of nitrogens with zero attached hydrogens (tertiary/aromatic N) is 1. The second-order valence-corrected chi connectivity index (χ2v) is 5.74. The minimum Gasteiger partial charge on any atom is -0.369 e. The molecule has 1 heterocycles. The van der Waals surface area contributed by atoms with E-state index >= 15 is 0 Å². The Morgan fingerprint density at radius 3 is 2.75 bits per heavy atom. The van der Waals surface area contributed by atoms with E-state index in [4.69, 9.17) is 0 Å². The smallest absolute Gasteiger partial charge is 0.0530 e. The highest BCUT2D eigenvalue weighted by Gasteiger charge is 2.06. The molecule has 1 aromatic heterocycles. The molecule has 16 heavy (non-hydrogen) atoms. The molecule has 0 aliphatic carbocycles. The minimum absolute atomic E-state index is 0.946. The van der Waals surface area contributed by atoms with Gasteiger partial charge in [0.2, 0.25) is 0 Å². The van der Waals surface area contributed by atoms with Crippen LogP contribution in [0.5, 0.6) is 0 Å². The van der Waals surface area contributed by atoms with E-state index in [2.05, 4.69) is 70.5 Å². The zero-order valence-corrected chi connectivity index (χ0v) is 11.8. The van der Waals surface area contributed by atoms with Crippen molar-refractivity contribution in [2.45, 2.75) is 13.5 Å². The molecule has 3 heteroatoms. The largest absolute Gasteiger partial charge is 0.369 e. The molecule has 84 valence electrons. The first-order chi connectivity index (χ1) is 7.66. The van der Waals surface area contributed by atoms with E-state index in [0.717, 1.165) is 6.54 Å². The highest BCUT2D eigenvalue weighted by Crippen LogP contribution is 2.26. The Labute approximate surface area is 109 Å². The third-order valence-corrected chi connectivity index (χ3v) is 4.43. The summed E-state index contributed by atoms with van der Waals surface area (Å²) in [5.74, 6) is 0. The molecular weight excluding hydrogens is 282 g/mol. The summed E-state index contributed by atoms with van der Waals surface area (Å²) < 4.78 is 1.21. The molecule has 2 aromatic rings. The van der Waals surface area contributed by atoms with Crippen molar-refractivity contribution in [2.75, 3.05) is 11.9 Å². The molecule has 1 nitrogen and oxygen atoms in total. The molecule has 0 radical (unpaired) electrons. The summed E-state index contributed by atoms with van der Waals surface area (Å²) in [7, 11) is 2.13. The van der Waals surface area contributed by atoms with Gasteiger partial charge in [0.05, 0.1) is 6.54 Å². The number of benzene rings is 1. The normalized spacial score (nSPS) is 10.4. The SMILES string of the molecule is Cc1cccc(N(C)Cc2sccc2Br)c1. The van der Waals surface area contributed by atoms with Gasteiger partial charge in [0.25, 0.3) is 0 Å². The fourth-order valence-corrected chi connectivity index (χ4v) is 3.14. The molecule has 0 unspecified atom stereocenters. The lowest BCUT2D eigenvalue weighted by molar-refractivity contribution is 0.935. The molecule has 2 rings (SSSR count). The summed E-state index contributed by atoms with van der Waals surface area (Å²) in [6.45, 7) is 3.07. The Balaban J connectivity index is 2.14. The van der Waals surface area contributed by atoms with Gasteiger partial charge in [-0.05, 0) is 52.0 Å². The van der Waals surface area contributed by atoms with Crippen molar-refractivity contribution in [1.82, 2.24) is 0 Å². The zero-order valence-electron chi connectivity index (χ0n) is 9.40. The van der Waals surface area contributed by atoms with E-state index < -0.39 is 0 Å². The van der Waals surface area contributed by atoms with Gasteiger partial charge in [-0.1, -0.05) is 12.1 Å². The third kappa shape index (κ3) is 2.66. The van der Waals surface area contributed by atoms with Crippen LogP contribution < -0.4 is 4.90 Å². The summed E-state index contributed by atoms with van der Waals surface area (Å²) in [6.07, 6.45) is 0. The summed E-state index contributed by atoms with van der Waals surface area (Å²) in [4.78, 5) is 3.63. The Hall–Kier alpha value is -0.800. The summed E-state index contributed by atoms with van der Waals surface area (Å²) in [5.41, 5.74) is 2.56. The molecule has 0 saturated carbocycles. The van der Waals surface area contributed by atoms with Crippen molar-refractivity contribution in [3.8, 4) is 0 Å². The standard InChI is InChI=1S/C13H14BrNS/c1-10-4-3-5-11(8-10)15(2)9-13-12(14)6-7-16-13/h3-8H,9H2,1-2H3. The molecule has 1 aromatic carbocycles. The van der Waals surface area contributed by atoms with Crippen molar-refractivity contribution in [1.29, 1.82) is 0 Å². The average Bonchev–Trinajstić information content (AvgIpc) is 2.64. The van der Waals surface area contributed by atoms with Gasteiger partial charge in [0, 0.05) is 22.1 Å². The van der Waals surface area contributed by atoms with Crippen LogP contribution in [-0.2, 0) is 6.54 Å². The highest BCUT2D eigenvalue weighted by atomic mass is 79.9. The fourth-order valence-electron chi connectivity index (χ4n) is 1.61. The van der Waals surface area contributed by atoms with Crippen LogP contribution in [0.1, 0.15) is 10.4 Å². The van der Waals surface area contributed by atoms with Crippen LogP contribution in [0.25, 0.3) is 0 Å². The highest BCUT2D eigenvalue weighted by molar-refractivity contribution is 9.10. The van der Waals surface area contributed by atoms with Crippen molar-refractivity contribution in [3.05, 3.63) is 50.6 Å². The molecule has 0 N–H and O–H groups in total. The van der Waals surface area contributed by atoms with E-state index in [0.29, 0.717) is 0 Å². The molecule has 0 bridgehead atoms. The van der Waals surface area contributed by atoms with Gasteiger partial charge in [-0.2, -0.15) is 0 Å². The van der Waals surface area contributed by atoms with Crippen molar-refractivity contribution in [2.24, 2.45) is 0 Å². The fraction of sp³-hybridized carbons (Fsp3) is 0.231. The lowest BCUT2D eigenvalue weighted by Gasteiger charge is -2.19. The predicted octanol–water partition coefficient (Wildman–Crippen LogP) is 4.46. The minimum atomic E-state index is 0.946. The third-order valence-electron chi connectivity index (χ3n) is 2.51. The molecule has 0 spiro atoms. The van der Waals surface area contributed by atoms with Gasteiger partial charge in [-0.3, -0.25) is 0 Å². The van der Waals surface area contributed by atoms with E-state index in [-0.39, 0.29) is 0 Å². The molecule has 0 fully saturated rings. The summed E-state index contributed by atoms with van der Waals surface area (Å²) in [5, 5.41) is 2.11. The van der Waals surface area contributed by atoms with Gasteiger partial charge in [-0.25, -0.2) is 0 Å². The summed E-state index contributed by atoms with van der Waals surface area (Å²) >= 11 is 5.35. The molecule has 0 amide bonds. The van der Waals surface area contributed by atoms with E-state index in [1.54, 1.807) is 11.3 Å². The van der Waals surface area contributed by atoms with E-state index in [9.17, 15) is 0 Å². The Kier molecular flexibility index (Phi) is 3.66. The maximum atomic E-state index is 3.57. The van der Waals surface area contributed by atoms with Crippen LogP contribution in [0.4, 0.5) is 5.69 Å². The first-order valence-corrected chi connectivity index (χ1v) is 6.84. The monoisotopic (exact) mass is 295 g/mol. The predicted molar refractivity (Wildman–Crippen MR) is 75.3 cm³/mol. The van der Waals surface area contributed by atoms with Gasteiger partial charge in [0.1, 0.15) is 0 Å². The van der Waals surface area contributed by atoms with Gasteiger partial charge >= 0.3 is 0 Å². The molecule has 0 aliphatic heterocycles. The van der Waals surface area contributed by atoms with Crippen molar-refractivity contribution >= 4 is 33.0 Å². The second-order valence-electron chi connectivity index (χ2n) is 3.89. The average molecular weight is 296 g/mol. The maximum absolute atomic E-state index is 3.57.